The van der Waals surface area contributed by atoms with E-state index in [-0.39, 0.29) is 50.6 Å². The quantitative estimate of drug-likeness (QED) is 0.348. The molecular formula is C27H35Cl2N3O6S. The molecule has 39 heavy (non-hydrogen) atoms. The van der Waals surface area contributed by atoms with Crippen molar-refractivity contribution in [1.82, 2.24) is 10.2 Å². The molecule has 0 spiro atoms. The molecule has 1 heterocycles. The van der Waals surface area contributed by atoms with Gasteiger partial charge in [0.15, 0.2) is 11.5 Å². The molecule has 2 aromatic carbocycles. The Labute approximate surface area is 240 Å². The monoisotopic (exact) mass is 599 g/mol. The molecule has 0 aromatic heterocycles. The summed E-state index contributed by atoms with van der Waals surface area (Å²) in [6.45, 7) is 5.87. The highest BCUT2D eigenvalue weighted by Crippen LogP contribution is 2.36. The van der Waals surface area contributed by atoms with E-state index in [0.29, 0.717) is 39.2 Å². The number of carbonyl (C=O) groups excluding carboxylic acids is 2. The molecule has 2 atom stereocenters. The van der Waals surface area contributed by atoms with Crippen LogP contribution in [0.15, 0.2) is 36.4 Å². The summed E-state index contributed by atoms with van der Waals surface area (Å²) in [7, 11) is -3.65. The number of halogens is 2. The van der Waals surface area contributed by atoms with Crippen LogP contribution in [0, 0.1) is 0 Å². The van der Waals surface area contributed by atoms with Crippen molar-refractivity contribution in [2.75, 3.05) is 23.9 Å². The molecule has 0 fully saturated rings. The van der Waals surface area contributed by atoms with Crippen LogP contribution in [-0.2, 0) is 26.2 Å². The van der Waals surface area contributed by atoms with Gasteiger partial charge in [0, 0.05) is 47.2 Å². The van der Waals surface area contributed by atoms with Crippen LogP contribution in [0.4, 0.5) is 5.69 Å². The van der Waals surface area contributed by atoms with Crippen LogP contribution in [0.3, 0.4) is 0 Å². The number of carbonyl (C=O) groups is 2. The summed E-state index contributed by atoms with van der Waals surface area (Å²) in [6.07, 6.45) is 2.45. The van der Waals surface area contributed by atoms with E-state index in [1.165, 1.54) is 9.21 Å². The van der Waals surface area contributed by atoms with Crippen molar-refractivity contribution in [3.8, 4) is 11.5 Å². The van der Waals surface area contributed by atoms with E-state index in [4.69, 9.17) is 32.7 Å². The lowest BCUT2D eigenvalue weighted by Gasteiger charge is -2.32. The summed E-state index contributed by atoms with van der Waals surface area (Å²) >= 11 is 12.8. The first-order valence-electron chi connectivity index (χ1n) is 12.9. The zero-order valence-corrected chi connectivity index (χ0v) is 24.9. The van der Waals surface area contributed by atoms with Crippen molar-refractivity contribution in [2.45, 2.75) is 65.1 Å². The molecule has 1 N–H and O–H groups in total. The van der Waals surface area contributed by atoms with Crippen LogP contribution in [0.2, 0.25) is 10.0 Å². The van der Waals surface area contributed by atoms with E-state index in [2.05, 4.69) is 5.32 Å². The van der Waals surface area contributed by atoms with Gasteiger partial charge in [0.2, 0.25) is 28.6 Å². The van der Waals surface area contributed by atoms with Gasteiger partial charge in [-0.1, -0.05) is 43.1 Å². The molecule has 2 unspecified atom stereocenters. The number of rotatable bonds is 13. The lowest BCUT2D eigenvalue weighted by atomic mass is 10.1. The average molecular weight is 601 g/mol. The van der Waals surface area contributed by atoms with E-state index in [9.17, 15) is 18.0 Å². The fraction of sp³-hybridized carbons (Fsp3) is 0.481. The Hall–Kier alpha value is -2.69. The third-order valence-corrected chi connectivity index (χ3v) is 8.48. The summed E-state index contributed by atoms with van der Waals surface area (Å²) in [5.74, 6) is 0.424. The third kappa shape index (κ3) is 7.93. The Kier molecular flexibility index (Phi) is 10.7. The van der Waals surface area contributed by atoms with Gasteiger partial charge < -0.3 is 19.7 Å². The number of hydrogen-bond donors (Lipinski definition) is 1. The number of ether oxygens (including phenoxy) is 2. The summed E-state index contributed by atoms with van der Waals surface area (Å²) in [5.41, 5.74) is 0.954. The van der Waals surface area contributed by atoms with Gasteiger partial charge in [-0.25, -0.2) is 8.42 Å². The highest BCUT2D eigenvalue weighted by Gasteiger charge is 2.30. The van der Waals surface area contributed by atoms with Gasteiger partial charge in [-0.2, -0.15) is 0 Å². The fourth-order valence-electron chi connectivity index (χ4n) is 4.26. The molecule has 3 rings (SSSR count). The van der Waals surface area contributed by atoms with Crippen LogP contribution in [0.5, 0.6) is 11.5 Å². The smallest absolute Gasteiger partial charge is 0.243 e. The van der Waals surface area contributed by atoms with E-state index in [1.807, 2.05) is 20.8 Å². The molecular weight excluding hydrogens is 565 g/mol. The van der Waals surface area contributed by atoms with Gasteiger partial charge in [-0.3, -0.25) is 13.9 Å². The number of amides is 2. The number of nitrogens with one attached hydrogen (secondary N) is 1. The first kappa shape index (κ1) is 30.8. The topological polar surface area (TPSA) is 105 Å². The Balaban J connectivity index is 1.81. The number of nitrogens with zero attached hydrogens (tertiary/aromatic N) is 2. The zero-order valence-electron chi connectivity index (χ0n) is 22.6. The molecule has 1 aliphatic rings. The lowest BCUT2D eigenvalue weighted by molar-refractivity contribution is -0.141. The van der Waals surface area contributed by atoms with Crippen molar-refractivity contribution in [3.05, 3.63) is 52.0 Å². The molecule has 0 aliphatic carbocycles. The Morgan fingerprint density at radius 2 is 1.72 bits per heavy atom. The third-order valence-electron chi connectivity index (χ3n) is 6.57. The molecule has 214 valence electrons. The maximum absolute atomic E-state index is 13.6. The van der Waals surface area contributed by atoms with Crippen LogP contribution in [0.1, 0.15) is 52.0 Å². The Morgan fingerprint density at radius 3 is 2.33 bits per heavy atom. The first-order valence-corrected chi connectivity index (χ1v) is 15.5. The highest BCUT2D eigenvalue weighted by atomic mass is 35.5. The highest BCUT2D eigenvalue weighted by molar-refractivity contribution is 7.92. The van der Waals surface area contributed by atoms with Crippen LogP contribution >= 0.6 is 23.2 Å². The summed E-state index contributed by atoms with van der Waals surface area (Å²) in [6, 6.07) is 9.15. The molecule has 0 radical (unpaired) electrons. The van der Waals surface area contributed by atoms with Gasteiger partial charge in [0.25, 0.3) is 0 Å². The number of anilines is 1. The minimum Gasteiger partial charge on any atom is -0.454 e. The van der Waals surface area contributed by atoms with Crippen molar-refractivity contribution in [2.24, 2.45) is 0 Å². The van der Waals surface area contributed by atoms with Gasteiger partial charge in [0.1, 0.15) is 6.04 Å². The Morgan fingerprint density at radius 1 is 1.05 bits per heavy atom. The minimum absolute atomic E-state index is 0.00571. The molecule has 2 aromatic rings. The molecule has 0 saturated heterocycles. The van der Waals surface area contributed by atoms with Gasteiger partial charge in [-0.15, -0.1) is 0 Å². The fourth-order valence-corrected chi connectivity index (χ4v) is 5.73. The molecule has 1 aliphatic heterocycles. The summed E-state index contributed by atoms with van der Waals surface area (Å²) in [5, 5.41) is 3.74. The van der Waals surface area contributed by atoms with E-state index in [1.54, 1.807) is 36.4 Å². The van der Waals surface area contributed by atoms with E-state index < -0.39 is 16.1 Å². The predicted octanol–water partition coefficient (Wildman–Crippen LogP) is 4.99. The summed E-state index contributed by atoms with van der Waals surface area (Å²) in [4.78, 5) is 28.2. The molecule has 9 nitrogen and oxygen atoms in total. The molecule has 0 saturated carbocycles. The molecule has 12 heteroatoms. The number of benzene rings is 2. The number of sulfonamides is 1. The van der Waals surface area contributed by atoms with E-state index in [0.717, 1.165) is 12.7 Å². The molecule has 0 bridgehead atoms. The molecule has 2 amide bonds. The van der Waals surface area contributed by atoms with Crippen LogP contribution in [0.25, 0.3) is 0 Å². The summed E-state index contributed by atoms with van der Waals surface area (Å²) < 4.78 is 37.1. The Bertz CT molecular complexity index is 1270. The van der Waals surface area contributed by atoms with Crippen molar-refractivity contribution >= 4 is 50.7 Å². The standard InChI is InChI=1S/C27H35Cl2N3O6S/c1-5-18(3)30-27(34)23(6-2)31(16-20-21(28)9-7-10-22(20)29)26(33)11-8-14-32(39(4,35)36)19-12-13-24-25(15-19)38-17-37-24/h7,9-10,12-13,15,18,23H,5-6,8,11,14,16-17H2,1-4H3,(H,30,34). The van der Waals surface area contributed by atoms with Crippen LogP contribution < -0.4 is 19.1 Å². The number of hydrogen-bond acceptors (Lipinski definition) is 6. The van der Waals surface area contributed by atoms with Gasteiger partial charge >= 0.3 is 0 Å². The second-order valence-corrected chi connectivity index (χ2v) is 12.2. The normalized spacial score (nSPS) is 14.0. The lowest BCUT2D eigenvalue weighted by Crippen LogP contribution is -2.50. The predicted molar refractivity (Wildman–Crippen MR) is 153 cm³/mol. The number of fused-ring (bicyclic) bond motifs is 1. The van der Waals surface area contributed by atoms with Crippen molar-refractivity contribution in [3.63, 3.8) is 0 Å². The second-order valence-electron chi connectivity index (χ2n) is 9.44. The van der Waals surface area contributed by atoms with E-state index >= 15 is 0 Å². The van der Waals surface area contributed by atoms with Crippen molar-refractivity contribution in [1.29, 1.82) is 0 Å². The largest absolute Gasteiger partial charge is 0.454 e. The van der Waals surface area contributed by atoms with Gasteiger partial charge in [0.05, 0.1) is 11.9 Å². The maximum atomic E-state index is 13.6. The SMILES string of the molecule is CCC(C)NC(=O)C(CC)N(Cc1c(Cl)cccc1Cl)C(=O)CCCN(c1ccc2c(c1)OCO2)S(C)(=O)=O. The van der Waals surface area contributed by atoms with Crippen LogP contribution in [-0.4, -0.2) is 56.8 Å². The van der Waals surface area contributed by atoms with Gasteiger partial charge in [-0.05, 0) is 50.5 Å². The van der Waals surface area contributed by atoms with Crippen molar-refractivity contribution < 1.29 is 27.5 Å². The zero-order chi connectivity index (χ0) is 28.7. The second kappa shape index (κ2) is 13.6. The first-order chi connectivity index (χ1) is 18.5. The average Bonchev–Trinajstić information content (AvgIpc) is 3.35. The maximum Gasteiger partial charge on any atom is 0.243 e. The minimum atomic E-state index is -3.65.